The van der Waals surface area contributed by atoms with E-state index in [1.807, 2.05) is 48.5 Å². The van der Waals surface area contributed by atoms with Gasteiger partial charge in [0.25, 0.3) is 5.91 Å². The van der Waals surface area contributed by atoms with Crippen LogP contribution in [0.2, 0.25) is 0 Å². The fourth-order valence-corrected chi connectivity index (χ4v) is 5.28. The number of urea groups is 1. The maximum atomic E-state index is 13.0. The van der Waals surface area contributed by atoms with Crippen molar-refractivity contribution in [1.82, 2.24) is 10.2 Å². The van der Waals surface area contributed by atoms with Crippen LogP contribution in [0.5, 0.6) is 5.75 Å². The molecule has 9 heteroatoms. The number of hydrogen-bond donors (Lipinski definition) is 4. The minimum atomic E-state index is -0.686. The van der Waals surface area contributed by atoms with Gasteiger partial charge in [-0.15, -0.1) is 0 Å². The molecule has 0 spiro atoms. The van der Waals surface area contributed by atoms with Crippen LogP contribution in [0.25, 0.3) is 0 Å². The van der Waals surface area contributed by atoms with Crippen LogP contribution in [0.15, 0.2) is 72.8 Å². The zero-order valence-corrected chi connectivity index (χ0v) is 25.4. The number of aliphatic hydroxyl groups excluding tert-OH is 2. The summed E-state index contributed by atoms with van der Waals surface area (Å²) in [6.07, 6.45) is 6.37. The maximum absolute atomic E-state index is 13.0. The van der Waals surface area contributed by atoms with E-state index in [0.717, 1.165) is 81.5 Å². The molecule has 9 nitrogen and oxygen atoms in total. The smallest absolute Gasteiger partial charge is 0.332 e. The van der Waals surface area contributed by atoms with E-state index in [0.29, 0.717) is 17.7 Å². The molecule has 44 heavy (non-hydrogen) atoms. The van der Waals surface area contributed by atoms with Gasteiger partial charge in [-0.3, -0.25) is 14.6 Å². The highest BCUT2D eigenvalue weighted by atomic mass is 16.5. The Bertz CT molecular complexity index is 1340. The number of nitrogens with one attached hydrogen (secondary N) is 1. The quantitative estimate of drug-likeness (QED) is 0.111. The Morgan fingerprint density at radius 2 is 1.59 bits per heavy atom. The van der Waals surface area contributed by atoms with E-state index < -0.39 is 6.10 Å². The number of anilines is 1. The summed E-state index contributed by atoms with van der Waals surface area (Å²) in [7, 11) is 0. The lowest BCUT2D eigenvalue weighted by Gasteiger charge is -2.18. The minimum Gasteiger partial charge on any atom is -0.508 e. The van der Waals surface area contributed by atoms with E-state index in [9.17, 15) is 24.9 Å². The number of ether oxygens (including phenoxy) is 1. The van der Waals surface area contributed by atoms with Crippen molar-refractivity contribution in [2.45, 2.75) is 64.2 Å². The standard InChI is InChI=1S/C35H45N3O6/c39-26-30-22-29(16-17-32(30)40)33(41)23-36-18-7-1-2-8-19-44-20-9-6-11-27-14-10-15-31(21-27)37-25-34(42)38(35(37)43)24-28-12-4-3-5-13-28/h3-5,10,12-17,21-22,33,36,39-41H,1-2,6-9,11,18-20,23-26H2/t33-/m1/s1. The zero-order valence-electron chi connectivity index (χ0n) is 25.4. The Hall–Kier alpha value is -3.76. The summed E-state index contributed by atoms with van der Waals surface area (Å²) >= 11 is 0. The largest absolute Gasteiger partial charge is 0.508 e. The lowest BCUT2D eigenvalue weighted by atomic mass is 10.1. The van der Waals surface area contributed by atoms with E-state index in [1.165, 1.54) is 11.0 Å². The number of unbranched alkanes of at least 4 members (excludes halogenated alkanes) is 4. The topological polar surface area (TPSA) is 123 Å². The Labute approximate surface area is 260 Å². The van der Waals surface area contributed by atoms with Gasteiger partial charge in [-0.25, -0.2) is 4.79 Å². The van der Waals surface area contributed by atoms with E-state index in [4.69, 9.17) is 4.74 Å². The molecule has 1 saturated heterocycles. The molecule has 0 aliphatic carbocycles. The lowest BCUT2D eigenvalue weighted by molar-refractivity contribution is -0.125. The molecule has 1 aliphatic heterocycles. The van der Waals surface area contributed by atoms with Gasteiger partial charge in [-0.05, 0) is 79.6 Å². The van der Waals surface area contributed by atoms with Crippen LogP contribution in [0.1, 0.15) is 66.9 Å². The zero-order chi connectivity index (χ0) is 31.1. The minimum absolute atomic E-state index is 0.0334. The predicted molar refractivity (Wildman–Crippen MR) is 170 cm³/mol. The number of phenols is 1. The van der Waals surface area contributed by atoms with Gasteiger partial charge >= 0.3 is 6.03 Å². The third-order valence-corrected chi connectivity index (χ3v) is 7.85. The predicted octanol–water partition coefficient (Wildman–Crippen LogP) is 5.08. The van der Waals surface area contributed by atoms with Gasteiger partial charge in [0.2, 0.25) is 0 Å². The highest BCUT2D eigenvalue weighted by molar-refractivity contribution is 6.12. The summed E-state index contributed by atoms with van der Waals surface area (Å²) < 4.78 is 5.82. The van der Waals surface area contributed by atoms with E-state index in [2.05, 4.69) is 11.4 Å². The third kappa shape index (κ3) is 9.89. The normalized spacial score (nSPS) is 14.0. The van der Waals surface area contributed by atoms with Crippen LogP contribution in [0.4, 0.5) is 10.5 Å². The second-order valence-corrected chi connectivity index (χ2v) is 11.3. The molecule has 4 N–H and O–H groups in total. The van der Waals surface area contributed by atoms with Crippen molar-refractivity contribution < 1.29 is 29.6 Å². The number of benzene rings is 3. The number of aliphatic hydroxyl groups is 2. The molecule has 1 atom stereocenters. The van der Waals surface area contributed by atoms with Gasteiger partial charge in [0, 0.05) is 31.0 Å². The van der Waals surface area contributed by atoms with Gasteiger partial charge < -0.3 is 25.4 Å². The fraction of sp³-hybridized carbons (Fsp3) is 0.429. The van der Waals surface area contributed by atoms with E-state index in [1.54, 1.807) is 17.0 Å². The summed E-state index contributed by atoms with van der Waals surface area (Å²) in [5.41, 5.74) is 3.92. The van der Waals surface area contributed by atoms with Gasteiger partial charge in [0.05, 0.1) is 19.3 Å². The third-order valence-electron chi connectivity index (χ3n) is 7.85. The first-order valence-corrected chi connectivity index (χ1v) is 15.6. The van der Waals surface area contributed by atoms with Gasteiger partial charge in [-0.1, -0.05) is 61.4 Å². The summed E-state index contributed by atoms with van der Waals surface area (Å²) in [6.45, 7) is 2.80. The molecule has 1 fully saturated rings. The fourth-order valence-electron chi connectivity index (χ4n) is 5.28. The SMILES string of the molecule is O=C1CN(c2cccc(CCCCOCCCCCCNC[C@@H](O)c3ccc(O)c(CO)c3)c2)C(=O)N1Cc1ccccc1. The van der Waals surface area contributed by atoms with Crippen molar-refractivity contribution in [1.29, 1.82) is 0 Å². The molecule has 3 aromatic carbocycles. The summed E-state index contributed by atoms with van der Waals surface area (Å²) in [4.78, 5) is 28.4. The van der Waals surface area contributed by atoms with Crippen molar-refractivity contribution >= 4 is 17.6 Å². The van der Waals surface area contributed by atoms with Crippen molar-refractivity contribution in [2.75, 3.05) is 37.7 Å². The molecule has 0 aromatic heterocycles. The molecule has 0 saturated carbocycles. The maximum Gasteiger partial charge on any atom is 0.332 e. The number of carbonyl (C=O) groups excluding carboxylic acids is 2. The van der Waals surface area contributed by atoms with E-state index >= 15 is 0 Å². The van der Waals surface area contributed by atoms with Gasteiger partial charge in [0.15, 0.2) is 0 Å². The highest BCUT2D eigenvalue weighted by Crippen LogP contribution is 2.25. The van der Waals surface area contributed by atoms with Crippen molar-refractivity contribution in [3.05, 3.63) is 95.1 Å². The second kappa shape index (κ2) is 17.5. The van der Waals surface area contributed by atoms with E-state index in [-0.39, 0.29) is 37.4 Å². The van der Waals surface area contributed by atoms with Crippen LogP contribution < -0.4 is 10.2 Å². The number of imide groups is 1. The molecular formula is C35H45N3O6. The van der Waals surface area contributed by atoms with Crippen LogP contribution in [-0.4, -0.2) is 65.0 Å². The molecule has 1 heterocycles. The summed E-state index contributed by atoms with van der Waals surface area (Å²) in [5, 5.41) is 32.5. The summed E-state index contributed by atoms with van der Waals surface area (Å²) in [5.74, 6) is -0.149. The number of carbonyl (C=O) groups is 2. The first-order chi connectivity index (χ1) is 21.5. The van der Waals surface area contributed by atoms with Gasteiger partial charge in [-0.2, -0.15) is 0 Å². The number of aryl methyl sites for hydroxylation is 1. The number of aromatic hydroxyl groups is 1. The number of hydrogen-bond acceptors (Lipinski definition) is 7. The van der Waals surface area contributed by atoms with Crippen LogP contribution >= 0.6 is 0 Å². The summed E-state index contributed by atoms with van der Waals surface area (Å²) in [6, 6.07) is 22.0. The molecule has 1 aliphatic rings. The number of nitrogens with zero attached hydrogens (tertiary/aromatic N) is 2. The van der Waals surface area contributed by atoms with Crippen LogP contribution in [-0.2, 0) is 29.1 Å². The molecule has 0 radical (unpaired) electrons. The molecule has 3 aromatic rings. The first kappa shape index (κ1) is 33.1. The average Bonchev–Trinajstić information content (AvgIpc) is 3.32. The highest BCUT2D eigenvalue weighted by Gasteiger charge is 2.36. The second-order valence-electron chi connectivity index (χ2n) is 11.3. The van der Waals surface area contributed by atoms with Gasteiger partial charge in [0.1, 0.15) is 12.3 Å². The molecule has 4 rings (SSSR count). The average molecular weight is 604 g/mol. The Balaban J connectivity index is 1.02. The van der Waals surface area contributed by atoms with Crippen LogP contribution in [0, 0.1) is 0 Å². The molecule has 3 amide bonds. The van der Waals surface area contributed by atoms with Crippen molar-refractivity contribution in [2.24, 2.45) is 0 Å². The Kier molecular flexibility index (Phi) is 13.2. The lowest BCUT2D eigenvalue weighted by Crippen LogP contribution is -2.32. The molecule has 0 unspecified atom stereocenters. The molecule has 236 valence electrons. The monoisotopic (exact) mass is 603 g/mol. The van der Waals surface area contributed by atoms with Crippen molar-refractivity contribution in [3.8, 4) is 5.75 Å². The van der Waals surface area contributed by atoms with Crippen molar-refractivity contribution in [3.63, 3.8) is 0 Å². The molecule has 0 bridgehead atoms. The Morgan fingerprint density at radius 1 is 0.841 bits per heavy atom. The Morgan fingerprint density at radius 3 is 2.39 bits per heavy atom. The number of amides is 3. The van der Waals surface area contributed by atoms with Crippen LogP contribution in [0.3, 0.4) is 0 Å². The molecular weight excluding hydrogens is 558 g/mol. The first-order valence-electron chi connectivity index (χ1n) is 15.6. The number of rotatable bonds is 19.